The van der Waals surface area contributed by atoms with Gasteiger partial charge in [0, 0.05) is 41.3 Å². The first-order valence-electron chi connectivity index (χ1n) is 12.4. The zero-order valence-electron chi connectivity index (χ0n) is 19.3. The van der Waals surface area contributed by atoms with Crippen molar-refractivity contribution in [3.05, 3.63) is 131 Å². The monoisotopic (exact) mass is 440 g/mol. The highest BCUT2D eigenvalue weighted by Crippen LogP contribution is 2.44. The van der Waals surface area contributed by atoms with E-state index < -0.39 is 0 Å². The average Bonchev–Trinajstić information content (AvgIpc) is 3.39. The number of aryl methyl sites for hydroxylation is 1. The topological polar surface area (TPSA) is 8.17 Å². The van der Waals surface area contributed by atoms with E-state index in [1.54, 1.807) is 0 Å². The zero-order valence-corrected chi connectivity index (χ0v) is 19.3. The highest BCUT2D eigenvalue weighted by atomic mass is 15.2. The van der Waals surface area contributed by atoms with E-state index in [2.05, 4.69) is 119 Å². The van der Waals surface area contributed by atoms with E-state index in [0.717, 1.165) is 25.9 Å². The first-order chi connectivity index (χ1) is 16.9. The molecule has 1 aliphatic heterocycles. The number of aromatic nitrogens is 1. The van der Waals surface area contributed by atoms with Gasteiger partial charge < -0.3 is 9.47 Å². The van der Waals surface area contributed by atoms with Crippen LogP contribution in [0.25, 0.3) is 17.0 Å². The van der Waals surface area contributed by atoms with Gasteiger partial charge in [0.15, 0.2) is 0 Å². The molecule has 0 fully saturated rings. The van der Waals surface area contributed by atoms with E-state index in [9.17, 15) is 0 Å². The fraction of sp³-hybridized carbons (Fsp3) is 0.188. The van der Waals surface area contributed by atoms with Crippen LogP contribution in [0, 0.1) is 0 Å². The van der Waals surface area contributed by atoms with Crippen LogP contribution in [0.15, 0.2) is 103 Å². The number of hydrogen-bond donors (Lipinski definition) is 0. The van der Waals surface area contributed by atoms with Gasteiger partial charge in [-0.25, -0.2) is 0 Å². The largest absolute Gasteiger partial charge is 0.360 e. The lowest BCUT2D eigenvalue weighted by Gasteiger charge is -2.28. The summed E-state index contributed by atoms with van der Waals surface area (Å²) in [6.45, 7) is 1.84. The number of para-hydroxylation sites is 2. The van der Waals surface area contributed by atoms with Gasteiger partial charge >= 0.3 is 0 Å². The molecule has 0 radical (unpaired) electrons. The molecule has 0 amide bonds. The molecule has 2 atom stereocenters. The van der Waals surface area contributed by atoms with Gasteiger partial charge in [-0.15, -0.1) is 0 Å². The number of nitrogens with zero attached hydrogens (tertiary/aromatic N) is 2. The van der Waals surface area contributed by atoms with Crippen molar-refractivity contribution in [1.29, 1.82) is 0 Å². The first-order valence-corrected chi connectivity index (χ1v) is 12.4. The molecule has 7 rings (SSSR count). The van der Waals surface area contributed by atoms with Crippen molar-refractivity contribution >= 4 is 22.7 Å². The SMILES string of the molecule is C1=CC2c3ccccc3N(Cc3ccc(Cn4c5c(c6ccccc64)CCC=C5)cc3)C2C=C1. The fourth-order valence-corrected chi connectivity index (χ4v) is 6.13. The lowest BCUT2D eigenvalue weighted by Crippen LogP contribution is -2.32. The van der Waals surface area contributed by atoms with Crippen molar-refractivity contribution in [3.63, 3.8) is 0 Å². The van der Waals surface area contributed by atoms with E-state index >= 15 is 0 Å². The molecular formula is C32H28N2. The van der Waals surface area contributed by atoms with Crippen molar-refractivity contribution in [2.24, 2.45) is 0 Å². The van der Waals surface area contributed by atoms with Crippen LogP contribution in [0.5, 0.6) is 0 Å². The van der Waals surface area contributed by atoms with Crippen LogP contribution in [0.1, 0.15) is 40.3 Å². The maximum Gasteiger partial charge on any atom is 0.0584 e. The highest BCUT2D eigenvalue weighted by Gasteiger charge is 2.35. The van der Waals surface area contributed by atoms with E-state index in [-0.39, 0.29) is 0 Å². The Labute approximate surface area is 201 Å². The summed E-state index contributed by atoms with van der Waals surface area (Å²) in [6.07, 6.45) is 16.0. The van der Waals surface area contributed by atoms with Crippen LogP contribution >= 0.6 is 0 Å². The molecule has 1 aromatic heterocycles. The van der Waals surface area contributed by atoms with Gasteiger partial charge in [0.25, 0.3) is 0 Å². The Morgan fingerprint density at radius 3 is 2.44 bits per heavy atom. The minimum atomic E-state index is 0.409. The molecule has 2 nitrogen and oxygen atoms in total. The number of allylic oxidation sites excluding steroid dienone is 3. The molecule has 0 saturated carbocycles. The average molecular weight is 441 g/mol. The van der Waals surface area contributed by atoms with Crippen molar-refractivity contribution in [1.82, 2.24) is 4.57 Å². The Morgan fingerprint density at radius 2 is 1.53 bits per heavy atom. The van der Waals surface area contributed by atoms with Gasteiger partial charge in [0.1, 0.15) is 0 Å². The summed E-state index contributed by atoms with van der Waals surface area (Å²) < 4.78 is 2.50. The predicted molar refractivity (Wildman–Crippen MR) is 142 cm³/mol. The number of anilines is 1. The third kappa shape index (κ3) is 3.09. The second kappa shape index (κ2) is 7.92. The lowest BCUT2D eigenvalue weighted by atomic mass is 9.91. The smallest absolute Gasteiger partial charge is 0.0584 e. The van der Waals surface area contributed by atoms with Gasteiger partial charge in [0.05, 0.1) is 6.04 Å². The van der Waals surface area contributed by atoms with Crippen LogP contribution in [-0.2, 0) is 19.5 Å². The van der Waals surface area contributed by atoms with Gasteiger partial charge in [-0.2, -0.15) is 0 Å². The Hall–Kier alpha value is -3.78. The Morgan fingerprint density at radius 1 is 0.765 bits per heavy atom. The van der Waals surface area contributed by atoms with E-state index in [1.165, 1.54) is 44.5 Å². The molecule has 166 valence electrons. The molecule has 3 aliphatic rings. The number of fused-ring (bicyclic) bond motifs is 6. The maximum absolute atomic E-state index is 2.57. The van der Waals surface area contributed by atoms with Gasteiger partial charge in [-0.1, -0.05) is 91.0 Å². The summed E-state index contributed by atoms with van der Waals surface area (Å²) >= 11 is 0. The molecule has 34 heavy (non-hydrogen) atoms. The van der Waals surface area contributed by atoms with Crippen LogP contribution in [-0.4, -0.2) is 10.6 Å². The van der Waals surface area contributed by atoms with Gasteiger partial charge in [0.2, 0.25) is 0 Å². The normalized spacial score (nSPS) is 19.9. The third-order valence-corrected chi connectivity index (χ3v) is 7.74. The number of benzene rings is 3. The van der Waals surface area contributed by atoms with Gasteiger partial charge in [-0.05, 0) is 53.3 Å². The summed E-state index contributed by atoms with van der Waals surface area (Å²) in [7, 11) is 0. The first kappa shape index (κ1) is 19.7. The molecule has 0 saturated heterocycles. The molecule has 0 N–H and O–H groups in total. The summed E-state index contributed by atoms with van der Waals surface area (Å²) in [4.78, 5) is 2.57. The van der Waals surface area contributed by atoms with Crippen molar-refractivity contribution < 1.29 is 0 Å². The zero-order chi connectivity index (χ0) is 22.5. The van der Waals surface area contributed by atoms with E-state index in [1.807, 2.05) is 0 Å². The Kier molecular flexibility index (Phi) is 4.58. The molecular weight excluding hydrogens is 412 g/mol. The minimum Gasteiger partial charge on any atom is -0.360 e. The summed E-state index contributed by atoms with van der Waals surface area (Å²) in [5.41, 5.74) is 9.77. The molecule has 4 aromatic rings. The lowest BCUT2D eigenvalue weighted by molar-refractivity contribution is 0.672. The number of hydrogen-bond acceptors (Lipinski definition) is 1. The van der Waals surface area contributed by atoms with Crippen LogP contribution in [0.4, 0.5) is 5.69 Å². The summed E-state index contributed by atoms with van der Waals surface area (Å²) in [5.74, 6) is 0.460. The Balaban J connectivity index is 1.17. The van der Waals surface area contributed by atoms with Crippen molar-refractivity contribution in [3.8, 4) is 0 Å². The molecule has 3 aromatic carbocycles. The minimum absolute atomic E-state index is 0.409. The van der Waals surface area contributed by atoms with Crippen molar-refractivity contribution in [2.75, 3.05) is 4.90 Å². The molecule has 2 heterocycles. The second-order valence-corrected chi connectivity index (χ2v) is 9.70. The summed E-state index contributed by atoms with van der Waals surface area (Å²) in [6, 6.07) is 27.5. The quantitative estimate of drug-likeness (QED) is 0.324. The van der Waals surface area contributed by atoms with Crippen LogP contribution < -0.4 is 4.90 Å². The van der Waals surface area contributed by atoms with E-state index in [4.69, 9.17) is 0 Å². The molecule has 2 aliphatic carbocycles. The molecule has 0 spiro atoms. The fourth-order valence-electron chi connectivity index (χ4n) is 6.13. The summed E-state index contributed by atoms with van der Waals surface area (Å²) in [5, 5.41) is 1.41. The molecule has 0 bridgehead atoms. The molecule has 2 heteroatoms. The highest BCUT2D eigenvalue weighted by molar-refractivity contribution is 5.89. The van der Waals surface area contributed by atoms with Crippen LogP contribution in [0.2, 0.25) is 0 Å². The maximum atomic E-state index is 2.57. The van der Waals surface area contributed by atoms with Gasteiger partial charge in [-0.3, -0.25) is 0 Å². The molecule has 2 unspecified atom stereocenters. The van der Waals surface area contributed by atoms with Crippen LogP contribution in [0.3, 0.4) is 0 Å². The number of rotatable bonds is 4. The predicted octanol–water partition coefficient (Wildman–Crippen LogP) is 7.25. The van der Waals surface area contributed by atoms with Crippen molar-refractivity contribution in [2.45, 2.75) is 37.9 Å². The Bertz CT molecular complexity index is 1460. The van der Waals surface area contributed by atoms with E-state index in [0.29, 0.717) is 12.0 Å². The second-order valence-electron chi connectivity index (χ2n) is 9.70. The standard InChI is InChI=1S/C32H28N2/c1-5-13-29-25(9-1)26-10-2-6-14-30(26)33(29)21-23-17-19-24(20-18-23)22-34-31-15-7-3-11-27(31)28-12-4-8-16-32(28)34/h1-3,5-11,13-20,25,29H,4,12,21-22H2. The third-order valence-electron chi connectivity index (χ3n) is 7.74.